The number of carbonyl (C=O) groups is 2. The van der Waals surface area contributed by atoms with Crippen LogP contribution in [0.15, 0.2) is 24.3 Å². The van der Waals surface area contributed by atoms with Gasteiger partial charge in [0.1, 0.15) is 0 Å². The van der Waals surface area contributed by atoms with E-state index >= 15 is 0 Å². The Labute approximate surface area is 296 Å². The minimum Gasteiger partial charge on any atom is -0.466 e. The fourth-order valence-electron chi connectivity index (χ4n) is 5.75. The molecule has 0 aromatic rings. The van der Waals surface area contributed by atoms with Crippen LogP contribution in [0.1, 0.15) is 201 Å². The molecule has 0 saturated carbocycles. The van der Waals surface area contributed by atoms with E-state index in [9.17, 15) is 19.8 Å². The van der Waals surface area contributed by atoms with E-state index in [1.165, 1.54) is 51.4 Å². The van der Waals surface area contributed by atoms with Crippen molar-refractivity contribution in [2.75, 3.05) is 13.2 Å². The van der Waals surface area contributed by atoms with E-state index in [-0.39, 0.29) is 24.1 Å². The van der Waals surface area contributed by atoms with Gasteiger partial charge in [0.25, 0.3) is 0 Å². The molecule has 6 heteroatoms. The summed E-state index contributed by atoms with van der Waals surface area (Å²) in [4.78, 5) is 24.1. The van der Waals surface area contributed by atoms with Crippen LogP contribution in [0.5, 0.6) is 0 Å². The Balaban J connectivity index is 3.51. The van der Waals surface area contributed by atoms with Crippen molar-refractivity contribution in [2.24, 2.45) is 5.92 Å². The van der Waals surface area contributed by atoms with Crippen molar-refractivity contribution in [2.45, 2.75) is 213 Å². The van der Waals surface area contributed by atoms with Gasteiger partial charge in [-0.3, -0.25) is 9.59 Å². The maximum Gasteiger partial charge on any atom is 0.305 e. The predicted octanol–water partition coefficient (Wildman–Crippen LogP) is 11.5. The van der Waals surface area contributed by atoms with Crippen LogP contribution < -0.4 is 0 Å². The van der Waals surface area contributed by atoms with Gasteiger partial charge in [-0.25, -0.2) is 0 Å². The molecule has 0 rings (SSSR count). The molecule has 0 saturated heterocycles. The summed E-state index contributed by atoms with van der Waals surface area (Å²) in [5.74, 6) is 0.131. The lowest BCUT2D eigenvalue weighted by atomic mass is 10.1. The van der Waals surface area contributed by atoms with Crippen LogP contribution in [0.2, 0.25) is 0 Å². The summed E-state index contributed by atoms with van der Waals surface area (Å²) in [5.41, 5.74) is 0. The Morgan fingerprint density at radius 1 is 0.500 bits per heavy atom. The highest BCUT2D eigenvalue weighted by atomic mass is 16.5. The van der Waals surface area contributed by atoms with Gasteiger partial charge < -0.3 is 19.7 Å². The molecule has 0 bridgehead atoms. The fourth-order valence-corrected chi connectivity index (χ4v) is 5.75. The van der Waals surface area contributed by atoms with Crippen molar-refractivity contribution in [1.29, 1.82) is 0 Å². The maximum atomic E-state index is 12.0. The maximum absolute atomic E-state index is 12.0. The third-order valence-electron chi connectivity index (χ3n) is 9.18. The molecule has 2 atom stereocenters. The Hall–Kier alpha value is -1.66. The molecule has 0 aromatic carbocycles. The van der Waals surface area contributed by atoms with Gasteiger partial charge in [0.2, 0.25) is 0 Å². The van der Waals surface area contributed by atoms with Crippen LogP contribution in [0, 0.1) is 5.92 Å². The predicted molar refractivity (Wildman–Crippen MR) is 202 cm³/mol. The monoisotopic (exact) mass is 679 g/mol. The molecule has 2 N–H and O–H groups in total. The number of hydrogen-bond acceptors (Lipinski definition) is 6. The molecule has 0 unspecified atom stereocenters. The van der Waals surface area contributed by atoms with Crippen LogP contribution >= 0.6 is 0 Å². The second kappa shape index (κ2) is 36.6. The molecule has 0 radical (unpaired) electrons. The highest BCUT2D eigenvalue weighted by Crippen LogP contribution is 2.14. The third kappa shape index (κ3) is 35.6. The van der Waals surface area contributed by atoms with E-state index in [0.717, 1.165) is 116 Å². The van der Waals surface area contributed by atoms with E-state index < -0.39 is 0 Å². The Morgan fingerprint density at radius 2 is 0.875 bits per heavy atom. The molecule has 48 heavy (non-hydrogen) atoms. The summed E-state index contributed by atoms with van der Waals surface area (Å²) in [5, 5.41) is 20.0. The van der Waals surface area contributed by atoms with E-state index in [4.69, 9.17) is 9.47 Å². The van der Waals surface area contributed by atoms with Gasteiger partial charge in [-0.1, -0.05) is 135 Å². The highest BCUT2D eigenvalue weighted by Gasteiger charge is 2.09. The molecule has 282 valence electrons. The average molecular weight is 679 g/mol. The standard InChI is InChI=1S/C42H78O6/c1-4-6-8-22-28-39(43)30-24-18-14-10-12-16-20-26-32-41(45)47-36-34-38(3)35-37-48-42(46)33-27-21-17-13-11-15-19-25-31-40(44)29-23-9-7-5-2/h18-19,24-25,38-40,43-44H,4-17,20-23,26-37H2,1-3H3/t38?,39-,40-/m1/s1. The zero-order valence-electron chi connectivity index (χ0n) is 31.8. The number of aliphatic hydroxyl groups excluding tert-OH is 2. The average Bonchev–Trinajstić information content (AvgIpc) is 3.06. The van der Waals surface area contributed by atoms with Crippen LogP contribution in [-0.2, 0) is 19.1 Å². The Kier molecular flexibility index (Phi) is 35.3. The summed E-state index contributed by atoms with van der Waals surface area (Å²) in [7, 11) is 0. The van der Waals surface area contributed by atoms with Crippen molar-refractivity contribution >= 4 is 11.9 Å². The van der Waals surface area contributed by atoms with Gasteiger partial charge in [0, 0.05) is 12.8 Å². The lowest BCUT2D eigenvalue weighted by Crippen LogP contribution is -2.11. The summed E-state index contributed by atoms with van der Waals surface area (Å²) in [6.07, 6.45) is 36.9. The number of aliphatic hydroxyl groups is 2. The van der Waals surface area contributed by atoms with Gasteiger partial charge in [-0.2, -0.15) is 0 Å². The Bertz CT molecular complexity index is 701. The number of rotatable bonds is 36. The van der Waals surface area contributed by atoms with Gasteiger partial charge in [0.05, 0.1) is 25.4 Å². The molecular weight excluding hydrogens is 600 g/mol. The number of carbonyl (C=O) groups excluding carboxylic acids is 2. The van der Waals surface area contributed by atoms with E-state index in [0.29, 0.717) is 32.0 Å². The third-order valence-corrected chi connectivity index (χ3v) is 9.18. The van der Waals surface area contributed by atoms with Crippen molar-refractivity contribution < 1.29 is 29.3 Å². The van der Waals surface area contributed by atoms with Crippen LogP contribution in [0.25, 0.3) is 0 Å². The summed E-state index contributed by atoms with van der Waals surface area (Å²) in [6.45, 7) is 7.40. The fraction of sp³-hybridized carbons (Fsp3) is 0.857. The second-order valence-electron chi connectivity index (χ2n) is 14.2. The molecule has 0 aliphatic rings. The van der Waals surface area contributed by atoms with Crippen molar-refractivity contribution in [3.8, 4) is 0 Å². The topological polar surface area (TPSA) is 93.1 Å². The first-order valence-electron chi connectivity index (χ1n) is 20.4. The van der Waals surface area contributed by atoms with Gasteiger partial charge in [-0.05, 0) is 83.0 Å². The number of esters is 2. The van der Waals surface area contributed by atoms with Crippen LogP contribution in [0.3, 0.4) is 0 Å². The SMILES string of the molecule is CCCCCC[C@@H](O)CC=CCCCCCCCC(=O)OCCC(C)CCOC(=O)CCCCCCCC=CC[C@H](O)CCCCCC. The largest absolute Gasteiger partial charge is 0.466 e. The normalized spacial score (nSPS) is 13.7. The summed E-state index contributed by atoms with van der Waals surface area (Å²) >= 11 is 0. The van der Waals surface area contributed by atoms with Crippen molar-refractivity contribution in [1.82, 2.24) is 0 Å². The van der Waals surface area contributed by atoms with Gasteiger partial charge in [0.15, 0.2) is 0 Å². The number of allylic oxidation sites excluding steroid dienone is 2. The zero-order valence-corrected chi connectivity index (χ0v) is 31.8. The summed E-state index contributed by atoms with van der Waals surface area (Å²) < 4.78 is 10.8. The van der Waals surface area contributed by atoms with Crippen LogP contribution in [0.4, 0.5) is 0 Å². The van der Waals surface area contributed by atoms with E-state index in [1.54, 1.807) is 0 Å². The van der Waals surface area contributed by atoms with Crippen molar-refractivity contribution in [3.05, 3.63) is 24.3 Å². The molecule has 0 amide bonds. The molecule has 6 nitrogen and oxygen atoms in total. The Morgan fingerprint density at radius 3 is 1.29 bits per heavy atom. The lowest BCUT2D eigenvalue weighted by Gasteiger charge is -2.12. The number of hydrogen-bond donors (Lipinski definition) is 2. The highest BCUT2D eigenvalue weighted by molar-refractivity contribution is 5.69. The minimum absolute atomic E-state index is 0.107. The van der Waals surface area contributed by atoms with E-state index in [2.05, 4.69) is 45.1 Å². The molecule has 0 aliphatic carbocycles. The lowest BCUT2D eigenvalue weighted by molar-refractivity contribution is -0.144. The first-order chi connectivity index (χ1) is 23.4. The second-order valence-corrected chi connectivity index (χ2v) is 14.2. The zero-order chi connectivity index (χ0) is 35.3. The molecule has 0 heterocycles. The molecule has 0 aromatic heterocycles. The first kappa shape index (κ1) is 46.3. The molecule has 0 aliphatic heterocycles. The molecule has 0 fully saturated rings. The molecule has 0 spiro atoms. The summed E-state index contributed by atoms with van der Waals surface area (Å²) in [6, 6.07) is 0. The van der Waals surface area contributed by atoms with Crippen LogP contribution in [-0.4, -0.2) is 47.6 Å². The minimum atomic E-state index is -0.192. The number of ether oxygens (including phenoxy) is 2. The van der Waals surface area contributed by atoms with Gasteiger partial charge in [-0.15, -0.1) is 0 Å². The smallest absolute Gasteiger partial charge is 0.305 e. The quantitative estimate of drug-likeness (QED) is 0.0389. The van der Waals surface area contributed by atoms with Crippen molar-refractivity contribution in [3.63, 3.8) is 0 Å². The van der Waals surface area contributed by atoms with Gasteiger partial charge >= 0.3 is 11.9 Å². The first-order valence-corrected chi connectivity index (χ1v) is 20.4. The number of unbranched alkanes of at least 4 members (excludes halogenated alkanes) is 16. The van der Waals surface area contributed by atoms with E-state index in [1.807, 2.05) is 0 Å². The molecular formula is C42H78O6.